The van der Waals surface area contributed by atoms with Crippen LogP contribution in [-0.4, -0.2) is 16.7 Å². The smallest absolute Gasteiger partial charge is 0.270 e. The molecule has 0 atom stereocenters. The minimum absolute atomic E-state index is 0.0603. The molecule has 0 saturated heterocycles. The van der Waals surface area contributed by atoms with E-state index in [1.54, 1.807) is 19.1 Å². The van der Waals surface area contributed by atoms with E-state index in [0.717, 1.165) is 6.07 Å². The topological polar surface area (TPSA) is 114 Å². The van der Waals surface area contributed by atoms with Crippen LogP contribution < -0.4 is 10.9 Å². The molecule has 2 rings (SSSR count). The van der Waals surface area contributed by atoms with Gasteiger partial charge in [-0.1, -0.05) is 6.07 Å². The van der Waals surface area contributed by atoms with Gasteiger partial charge in [0.2, 0.25) is 0 Å². The van der Waals surface area contributed by atoms with Crippen LogP contribution in [-0.2, 0) is 4.79 Å². The lowest BCUT2D eigenvalue weighted by atomic mass is 10.2. The van der Waals surface area contributed by atoms with E-state index < -0.39 is 16.7 Å². The maximum absolute atomic E-state index is 11.8. The van der Waals surface area contributed by atoms with Crippen molar-refractivity contribution in [1.82, 2.24) is 10.9 Å². The average molecular weight is 315 g/mol. The Hall–Kier alpha value is -3.42. The number of hydrazine groups is 1. The van der Waals surface area contributed by atoms with Crippen molar-refractivity contribution in [3.05, 3.63) is 69.7 Å². The van der Waals surface area contributed by atoms with Gasteiger partial charge in [0, 0.05) is 23.8 Å². The Morgan fingerprint density at radius 3 is 2.65 bits per heavy atom. The van der Waals surface area contributed by atoms with Gasteiger partial charge < -0.3 is 4.42 Å². The largest absolute Gasteiger partial charge is 0.462 e. The summed E-state index contributed by atoms with van der Waals surface area (Å²) in [5, 5.41) is 10.6. The monoisotopic (exact) mass is 315 g/mol. The number of aryl methyl sites for hydroxylation is 1. The predicted molar refractivity (Wildman–Crippen MR) is 81.2 cm³/mol. The highest BCUT2D eigenvalue weighted by Crippen LogP contribution is 2.12. The lowest BCUT2D eigenvalue weighted by Crippen LogP contribution is -2.40. The summed E-state index contributed by atoms with van der Waals surface area (Å²) in [4.78, 5) is 33.4. The van der Waals surface area contributed by atoms with Crippen molar-refractivity contribution >= 4 is 23.6 Å². The van der Waals surface area contributed by atoms with Gasteiger partial charge in [0.1, 0.15) is 11.5 Å². The summed E-state index contributed by atoms with van der Waals surface area (Å²) in [6.45, 7) is 1.77. The van der Waals surface area contributed by atoms with E-state index in [4.69, 9.17) is 4.42 Å². The van der Waals surface area contributed by atoms with Crippen molar-refractivity contribution in [2.24, 2.45) is 0 Å². The zero-order chi connectivity index (χ0) is 16.8. The first-order valence-corrected chi connectivity index (χ1v) is 6.55. The van der Waals surface area contributed by atoms with Gasteiger partial charge in [0.25, 0.3) is 17.5 Å². The molecule has 0 aliphatic heterocycles. The highest BCUT2D eigenvalue weighted by Gasteiger charge is 2.11. The molecule has 0 saturated carbocycles. The predicted octanol–water partition coefficient (Wildman–Crippen LogP) is 1.97. The number of nitro groups is 1. The van der Waals surface area contributed by atoms with Crippen molar-refractivity contribution in [3.8, 4) is 0 Å². The van der Waals surface area contributed by atoms with Crippen LogP contribution >= 0.6 is 0 Å². The number of benzene rings is 1. The molecule has 23 heavy (non-hydrogen) atoms. The first-order valence-electron chi connectivity index (χ1n) is 6.55. The molecule has 2 N–H and O–H groups in total. The number of rotatable bonds is 4. The Balaban J connectivity index is 1.91. The fourth-order valence-corrected chi connectivity index (χ4v) is 1.69. The maximum atomic E-state index is 11.8. The molecule has 0 fully saturated rings. The van der Waals surface area contributed by atoms with Gasteiger partial charge in [-0.05, 0) is 31.2 Å². The van der Waals surface area contributed by atoms with Gasteiger partial charge >= 0.3 is 0 Å². The van der Waals surface area contributed by atoms with Gasteiger partial charge in [0.05, 0.1) is 4.92 Å². The van der Waals surface area contributed by atoms with Gasteiger partial charge in [-0.25, -0.2) is 0 Å². The lowest BCUT2D eigenvalue weighted by molar-refractivity contribution is -0.384. The number of nitrogens with one attached hydrogen (secondary N) is 2. The number of nitro benzene ring substituents is 1. The van der Waals surface area contributed by atoms with E-state index in [1.165, 1.54) is 30.4 Å². The molecule has 0 spiro atoms. The van der Waals surface area contributed by atoms with Crippen molar-refractivity contribution in [3.63, 3.8) is 0 Å². The first-order chi connectivity index (χ1) is 11.0. The zero-order valence-electron chi connectivity index (χ0n) is 12.1. The van der Waals surface area contributed by atoms with Gasteiger partial charge in [-0.3, -0.25) is 30.6 Å². The highest BCUT2D eigenvalue weighted by atomic mass is 16.6. The number of furan rings is 1. The summed E-state index contributed by atoms with van der Waals surface area (Å²) in [6, 6.07) is 8.61. The number of carbonyl (C=O) groups is 2. The van der Waals surface area contributed by atoms with E-state index in [-0.39, 0.29) is 11.3 Å². The molecule has 1 heterocycles. The molecule has 0 aliphatic carbocycles. The summed E-state index contributed by atoms with van der Waals surface area (Å²) in [6.07, 6.45) is 2.63. The second-order valence-electron chi connectivity index (χ2n) is 4.53. The van der Waals surface area contributed by atoms with Crippen LogP contribution in [0, 0.1) is 17.0 Å². The number of carbonyl (C=O) groups excluding carboxylic acids is 2. The van der Waals surface area contributed by atoms with Crippen LogP contribution in [0.5, 0.6) is 0 Å². The third-order valence-electron chi connectivity index (χ3n) is 2.78. The molecule has 0 unspecified atom stereocenters. The van der Waals surface area contributed by atoms with Gasteiger partial charge in [0.15, 0.2) is 0 Å². The molecule has 8 heteroatoms. The van der Waals surface area contributed by atoms with E-state index in [1.807, 2.05) is 0 Å². The van der Waals surface area contributed by atoms with Crippen molar-refractivity contribution in [2.75, 3.05) is 0 Å². The zero-order valence-corrected chi connectivity index (χ0v) is 12.1. The molecule has 2 amide bonds. The van der Waals surface area contributed by atoms with Crippen molar-refractivity contribution < 1.29 is 18.9 Å². The highest BCUT2D eigenvalue weighted by molar-refractivity contribution is 5.98. The molecule has 0 bridgehead atoms. The minimum Gasteiger partial charge on any atom is -0.462 e. The third kappa shape index (κ3) is 4.53. The Labute approximate surface area is 130 Å². The van der Waals surface area contributed by atoms with Crippen LogP contribution in [0.2, 0.25) is 0 Å². The number of non-ortho nitro benzene ring substituents is 1. The van der Waals surface area contributed by atoms with Crippen LogP contribution in [0.25, 0.3) is 6.08 Å². The normalized spacial score (nSPS) is 10.5. The number of hydrogen-bond donors (Lipinski definition) is 2. The standard InChI is InChI=1S/C15H13N3O5/c1-10-5-6-13(23-10)7-8-14(19)16-17-15(20)11-3-2-4-12(9-11)18(21)22/h2-9H,1H3,(H,16,19)(H,17,20)/b8-7+. The summed E-state index contributed by atoms with van der Waals surface area (Å²) < 4.78 is 5.25. The van der Waals surface area contributed by atoms with E-state index in [9.17, 15) is 19.7 Å². The fourth-order valence-electron chi connectivity index (χ4n) is 1.69. The molecule has 8 nitrogen and oxygen atoms in total. The second-order valence-corrected chi connectivity index (χ2v) is 4.53. The Morgan fingerprint density at radius 2 is 2.00 bits per heavy atom. The van der Waals surface area contributed by atoms with E-state index >= 15 is 0 Å². The summed E-state index contributed by atoms with van der Waals surface area (Å²) >= 11 is 0. The van der Waals surface area contributed by atoms with Crippen LogP contribution in [0.1, 0.15) is 21.9 Å². The molecular formula is C15H13N3O5. The van der Waals surface area contributed by atoms with Gasteiger partial charge in [-0.2, -0.15) is 0 Å². The summed E-state index contributed by atoms with van der Waals surface area (Å²) in [5.41, 5.74) is 4.18. The van der Waals surface area contributed by atoms with Crippen LogP contribution in [0.3, 0.4) is 0 Å². The molecule has 0 radical (unpaired) electrons. The number of amides is 2. The van der Waals surface area contributed by atoms with Crippen LogP contribution in [0.4, 0.5) is 5.69 Å². The fraction of sp³-hybridized carbons (Fsp3) is 0.0667. The number of hydrogen-bond acceptors (Lipinski definition) is 5. The SMILES string of the molecule is Cc1ccc(/C=C/C(=O)NNC(=O)c2cccc([N+](=O)[O-])c2)o1. The molecule has 2 aromatic rings. The van der Waals surface area contributed by atoms with E-state index in [2.05, 4.69) is 10.9 Å². The van der Waals surface area contributed by atoms with Crippen molar-refractivity contribution in [1.29, 1.82) is 0 Å². The minimum atomic E-state index is -0.663. The molecule has 0 aliphatic rings. The molecule has 1 aromatic carbocycles. The quantitative estimate of drug-likeness (QED) is 0.508. The second kappa shape index (κ2) is 7.03. The van der Waals surface area contributed by atoms with Crippen LogP contribution in [0.15, 0.2) is 46.9 Å². The molecular weight excluding hydrogens is 302 g/mol. The maximum Gasteiger partial charge on any atom is 0.270 e. The van der Waals surface area contributed by atoms with E-state index in [0.29, 0.717) is 11.5 Å². The number of nitrogens with zero attached hydrogens (tertiary/aromatic N) is 1. The first kappa shape index (κ1) is 16.0. The van der Waals surface area contributed by atoms with Gasteiger partial charge in [-0.15, -0.1) is 0 Å². The Kier molecular flexibility index (Phi) is 4.88. The Bertz CT molecular complexity index is 779. The third-order valence-corrected chi connectivity index (χ3v) is 2.78. The molecule has 1 aromatic heterocycles. The van der Waals surface area contributed by atoms with Crippen molar-refractivity contribution in [2.45, 2.75) is 6.92 Å². The lowest BCUT2D eigenvalue weighted by Gasteiger charge is -2.04. The Morgan fingerprint density at radius 1 is 1.22 bits per heavy atom. The average Bonchev–Trinajstić information content (AvgIpc) is 2.96. The molecule has 118 valence electrons. The summed E-state index contributed by atoms with van der Waals surface area (Å²) in [7, 11) is 0. The summed E-state index contributed by atoms with van der Waals surface area (Å²) in [5.74, 6) is -0.0196.